The van der Waals surface area contributed by atoms with Gasteiger partial charge < -0.3 is 0 Å². The Morgan fingerprint density at radius 1 is 0.462 bits per heavy atom. The molecule has 0 aromatic carbocycles. The predicted octanol–water partition coefficient (Wildman–Crippen LogP) is 5.23. The molecule has 0 saturated heterocycles. The van der Waals surface area contributed by atoms with E-state index in [1.54, 1.807) is 18.0 Å². The van der Waals surface area contributed by atoms with Crippen LogP contribution in [0.25, 0.3) is 22.3 Å². The second kappa shape index (κ2) is 5.86. The molecule has 0 fully saturated rings. The number of thiophene rings is 4. The molecular weight excluding hydrogens is 425 g/mol. The van der Waals surface area contributed by atoms with E-state index in [0.717, 1.165) is 0 Å². The van der Waals surface area contributed by atoms with E-state index < -0.39 is 16.1 Å². The first-order chi connectivity index (χ1) is 12.4. The number of hydrogen-bond donors (Lipinski definition) is 0. The van der Waals surface area contributed by atoms with Crippen LogP contribution in [-0.2, 0) is 0 Å². The Kier molecular flexibility index (Phi) is 3.91. The van der Waals surface area contributed by atoms with Crippen LogP contribution in [0.5, 0.6) is 0 Å². The van der Waals surface area contributed by atoms with Crippen molar-refractivity contribution in [1.82, 2.24) is 0 Å². The summed E-state index contributed by atoms with van der Waals surface area (Å²) in [6.45, 7) is 10.2. The smallest absolute Gasteiger partial charge is 0.138 e. The number of hydrogen-bond acceptors (Lipinski definition) is 4. The maximum atomic E-state index is 2.54. The van der Waals surface area contributed by atoms with Crippen LogP contribution in [0.1, 0.15) is 0 Å². The third kappa shape index (κ3) is 2.26. The predicted molar refractivity (Wildman–Crippen MR) is 129 cm³/mol. The highest BCUT2D eigenvalue weighted by molar-refractivity contribution is 7.38. The summed E-state index contributed by atoms with van der Waals surface area (Å²) in [6.07, 6.45) is 0. The molecule has 0 bridgehead atoms. The van der Waals surface area contributed by atoms with Gasteiger partial charge in [0.2, 0.25) is 0 Å². The maximum Gasteiger partial charge on any atom is 0.138 e. The van der Waals surface area contributed by atoms with E-state index in [1.165, 1.54) is 22.3 Å². The van der Waals surface area contributed by atoms with E-state index in [4.69, 9.17) is 0 Å². The van der Waals surface area contributed by atoms with Gasteiger partial charge in [-0.1, -0.05) is 26.2 Å². The third-order valence-electron chi connectivity index (χ3n) is 5.51. The highest BCUT2D eigenvalue weighted by Gasteiger charge is 2.40. The van der Waals surface area contributed by atoms with Crippen LogP contribution in [0.4, 0.5) is 0 Å². The summed E-state index contributed by atoms with van der Waals surface area (Å²) in [4.78, 5) is 0. The molecule has 1 aliphatic rings. The minimum absolute atomic E-state index is 1.52. The fraction of sp³-hybridized carbons (Fsp3) is 0.200. The molecule has 0 radical (unpaired) electrons. The van der Waals surface area contributed by atoms with E-state index in [-0.39, 0.29) is 0 Å². The third-order valence-corrected chi connectivity index (χ3v) is 21.6. The summed E-state index contributed by atoms with van der Waals surface area (Å²) in [6, 6.07) is 9.54. The van der Waals surface area contributed by atoms with Crippen LogP contribution in [0.15, 0.2) is 45.8 Å². The zero-order valence-electron chi connectivity index (χ0n) is 15.3. The van der Waals surface area contributed by atoms with E-state index in [9.17, 15) is 0 Å². The Labute approximate surface area is 172 Å². The second-order valence-electron chi connectivity index (χ2n) is 7.90. The SMILES string of the molecule is C[Si]1(C)c2sccc2-c2ccsc2[Si](C)(C)c2sccc2-c2ccsc21. The summed E-state index contributed by atoms with van der Waals surface area (Å²) < 4.78 is 6.57. The van der Waals surface area contributed by atoms with Crippen molar-refractivity contribution >= 4 is 79.5 Å². The van der Waals surface area contributed by atoms with Gasteiger partial charge in [-0.05, 0) is 68.0 Å². The van der Waals surface area contributed by atoms with Crippen molar-refractivity contribution < 1.29 is 0 Å². The minimum atomic E-state index is -1.73. The van der Waals surface area contributed by atoms with Gasteiger partial charge in [0.1, 0.15) is 16.1 Å². The zero-order chi connectivity index (χ0) is 18.1. The van der Waals surface area contributed by atoms with Crippen molar-refractivity contribution in [3.05, 3.63) is 45.8 Å². The van der Waals surface area contributed by atoms with Crippen molar-refractivity contribution in [2.45, 2.75) is 26.2 Å². The fourth-order valence-corrected chi connectivity index (χ4v) is 17.9. The largest absolute Gasteiger partial charge is 0.152 e. The molecule has 5 rings (SSSR count). The van der Waals surface area contributed by atoms with E-state index in [0.29, 0.717) is 0 Å². The molecule has 6 heteroatoms. The van der Waals surface area contributed by atoms with Gasteiger partial charge in [0.25, 0.3) is 0 Å². The molecule has 0 spiro atoms. The minimum Gasteiger partial charge on any atom is -0.152 e. The van der Waals surface area contributed by atoms with Crippen LogP contribution >= 0.6 is 45.3 Å². The molecule has 0 unspecified atom stereocenters. The first-order valence-electron chi connectivity index (χ1n) is 8.75. The Bertz CT molecular complexity index is 933. The van der Waals surface area contributed by atoms with E-state index in [2.05, 4.69) is 72.0 Å². The summed E-state index contributed by atoms with van der Waals surface area (Å²) >= 11 is 7.92. The molecule has 0 N–H and O–H groups in total. The lowest BCUT2D eigenvalue weighted by Gasteiger charge is -2.29. The Balaban J connectivity index is 1.95. The van der Waals surface area contributed by atoms with Crippen LogP contribution in [0.3, 0.4) is 0 Å². The summed E-state index contributed by atoms with van der Waals surface area (Å²) in [5, 5.41) is 9.26. The van der Waals surface area contributed by atoms with Gasteiger partial charge in [-0.3, -0.25) is 0 Å². The first-order valence-corrected chi connectivity index (χ1v) is 18.3. The van der Waals surface area contributed by atoms with Gasteiger partial charge >= 0.3 is 0 Å². The average molecular weight is 445 g/mol. The van der Waals surface area contributed by atoms with Gasteiger partial charge in [0.15, 0.2) is 0 Å². The van der Waals surface area contributed by atoms with Crippen molar-refractivity contribution in [2.75, 3.05) is 0 Å². The fourth-order valence-electron chi connectivity index (χ4n) is 4.23. The van der Waals surface area contributed by atoms with Crippen molar-refractivity contribution in [3.63, 3.8) is 0 Å². The van der Waals surface area contributed by atoms with Crippen LogP contribution in [-0.4, -0.2) is 16.1 Å². The number of fused-ring (bicyclic) bond motifs is 6. The van der Waals surface area contributed by atoms with Crippen LogP contribution < -0.4 is 18.0 Å². The summed E-state index contributed by atoms with van der Waals surface area (Å²) in [7, 11) is -3.47. The molecule has 0 amide bonds. The quantitative estimate of drug-likeness (QED) is 0.326. The zero-order valence-corrected chi connectivity index (χ0v) is 20.5. The molecule has 4 aromatic rings. The van der Waals surface area contributed by atoms with E-state index >= 15 is 0 Å². The first kappa shape index (κ1) is 17.3. The van der Waals surface area contributed by atoms with Gasteiger partial charge in [-0.15, -0.1) is 0 Å². The molecule has 1 aliphatic heterocycles. The van der Waals surface area contributed by atoms with Gasteiger partial charge in [0, 0.05) is 18.0 Å². The van der Waals surface area contributed by atoms with Crippen molar-refractivity contribution in [1.29, 1.82) is 0 Å². The topological polar surface area (TPSA) is 0 Å². The van der Waals surface area contributed by atoms with Crippen molar-refractivity contribution in [3.8, 4) is 22.3 Å². The molecule has 0 aliphatic carbocycles. The van der Waals surface area contributed by atoms with Gasteiger partial charge in [-0.25, -0.2) is 0 Å². The molecule has 0 atom stereocenters. The van der Waals surface area contributed by atoms with Gasteiger partial charge in [0.05, 0.1) is 0 Å². The highest BCUT2D eigenvalue weighted by Crippen LogP contribution is 2.34. The Morgan fingerprint density at radius 3 is 0.923 bits per heavy atom. The molecule has 5 heterocycles. The molecule has 0 nitrogen and oxygen atoms in total. The molecular formula is C20H20S4Si2. The van der Waals surface area contributed by atoms with Crippen LogP contribution in [0.2, 0.25) is 26.2 Å². The number of rotatable bonds is 0. The van der Waals surface area contributed by atoms with Crippen molar-refractivity contribution in [2.24, 2.45) is 0 Å². The summed E-state index contributed by atoms with van der Waals surface area (Å²) in [5.74, 6) is 0. The lowest BCUT2D eigenvalue weighted by Crippen LogP contribution is -2.55. The highest BCUT2D eigenvalue weighted by atomic mass is 32.1. The van der Waals surface area contributed by atoms with Gasteiger partial charge in [-0.2, -0.15) is 45.3 Å². The molecule has 26 heavy (non-hydrogen) atoms. The Morgan fingerprint density at radius 2 is 0.692 bits per heavy atom. The summed E-state index contributed by atoms with van der Waals surface area (Å²) in [5.41, 5.74) is 6.07. The van der Waals surface area contributed by atoms with E-state index in [1.807, 2.05) is 45.3 Å². The second-order valence-corrected chi connectivity index (χ2v) is 21.5. The van der Waals surface area contributed by atoms with Crippen LogP contribution in [0, 0.1) is 0 Å². The average Bonchev–Trinajstić information content (AvgIpc) is 3.40. The molecule has 4 aromatic heterocycles. The molecule has 132 valence electrons. The maximum absolute atomic E-state index is 2.54. The monoisotopic (exact) mass is 444 g/mol. The normalized spacial score (nSPS) is 17.1. The Hall–Kier alpha value is -0.766. The standard InChI is InChI=1S/C20H20S4Si2/c1-25(2)17-13(5-9-21-17)15-7-11-23-19(15)26(3,4)20-16(8-12-24-20)14-6-10-22-18(14)25/h5-12H,1-4H3. The lowest BCUT2D eigenvalue weighted by atomic mass is 10.2. The molecule has 0 saturated carbocycles. The lowest BCUT2D eigenvalue weighted by molar-refractivity contribution is 1.76.